The predicted octanol–water partition coefficient (Wildman–Crippen LogP) is 3.80. The van der Waals surface area contributed by atoms with Gasteiger partial charge in [-0.15, -0.1) is 0 Å². The number of benzene rings is 1. The van der Waals surface area contributed by atoms with E-state index in [-0.39, 0.29) is 17.6 Å². The Morgan fingerprint density at radius 2 is 1.93 bits per heavy atom. The molecule has 1 fully saturated rings. The lowest BCUT2D eigenvalue weighted by atomic mass is 9.86. The van der Waals surface area contributed by atoms with E-state index in [1.807, 2.05) is 24.3 Å². The Labute approximate surface area is 160 Å². The molecule has 3 rings (SSSR count). The van der Waals surface area contributed by atoms with Crippen LogP contribution in [0.15, 0.2) is 42.6 Å². The zero-order valence-electron chi connectivity index (χ0n) is 15.5. The molecule has 1 heterocycles. The van der Waals surface area contributed by atoms with E-state index < -0.39 is 10.0 Å². The van der Waals surface area contributed by atoms with Crippen LogP contribution in [-0.2, 0) is 10.0 Å². The fraction of sp³-hybridized carbons (Fsp3) is 0.450. The molecular formula is C20H26FN3O2S. The summed E-state index contributed by atoms with van der Waals surface area (Å²) in [4.78, 5) is 4.28. The van der Waals surface area contributed by atoms with E-state index in [1.165, 1.54) is 12.1 Å². The van der Waals surface area contributed by atoms with Gasteiger partial charge in [0, 0.05) is 30.0 Å². The lowest BCUT2D eigenvalue weighted by Crippen LogP contribution is -2.34. The molecule has 1 aliphatic rings. The number of pyridine rings is 1. The van der Waals surface area contributed by atoms with Crippen molar-refractivity contribution in [2.45, 2.75) is 38.6 Å². The van der Waals surface area contributed by atoms with Crippen LogP contribution in [-0.4, -0.2) is 31.7 Å². The second-order valence-electron chi connectivity index (χ2n) is 7.06. The zero-order valence-corrected chi connectivity index (χ0v) is 16.3. The summed E-state index contributed by atoms with van der Waals surface area (Å²) in [6, 6.07) is 10.8. The van der Waals surface area contributed by atoms with E-state index in [4.69, 9.17) is 0 Å². The molecule has 1 aromatic carbocycles. The molecule has 0 unspecified atom stereocenters. The van der Waals surface area contributed by atoms with Crippen LogP contribution in [0, 0.1) is 11.7 Å². The molecule has 2 aromatic rings. The van der Waals surface area contributed by atoms with Crippen LogP contribution < -0.4 is 10.0 Å². The minimum Gasteiger partial charge on any atom is -0.382 e. The Morgan fingerprint density at radius 1 is 1.15 bits per heavy atom. The van der Waals surface area contributed by atoms with Gasteiger partial charge in [-0.1, -0.05) is 6.07 Å². The molecule has 0 saturated heterocycles. The molecule has 0 bridgehead atoms. The summed E-state index contributed by atoms with van der Waals surface area (Å²) in [5, 5.41) is 3.43. The summed E-state index contributed by atoms with van der Waals surface area (Å²) in [5.74, 6) is 0.187. The standard InChI is InChI=1S/C20H26FN3O2S/c1-2-27(25,26)23-14-15-6-8-18(9-7-15)24-19-12-16(11-17(21)13-19)20-5-3-4-10-22-20/h3-5,10-13,15,18,23-24H,2,6-9,14H2,1H3/t15-,18-. The van der Waals surface area contributed by atoms with E-state index in [2.05, 4.69) is 15.0 Å². The van der Waals surface area contributed by atoms with Gasteiger partial charge in [-0.2, -0.15) is 0 Å². The molecule has 0 atom stereocenters. The Bertz CT molecular complexity index is 851. The highest BCUT2D eigenvalue weighted by atomic mass is 32.2. The van der Waals surface area contributed by atoms with Gasteiger partial charge in [0.15, 0.2) is 0 Å². The van der Waals surface area contributed by atoms with E-state index in [9.17, 15) is 12.8 Å². The van der Waals surface area contributed by atoms with Crippen molar-refractivity contribution in [1.29, 1.82) is 0 Å². The molecule has 1 aliphatic carbocycles. The number of aromatic nitrogens is 1. The molecule has 5 nitrogen and oxygen atoms in total. The monoisotopic (exact) mass is 391 g/mol. The van der Waals surface area contributed by atoms with Gasteiger partial charge in [0.25, 0.3) is 0 Å². The number of hydrogen-bond donors (Lipinski definition) is 2. The van der Waals surface area contributed by atoms with Crippen molar-refractivity contribution in [3.63, 3.8) is 0 Å². The van der Waals surface area contributed by atoms with Crippen molar-refractivity contribution in [3.05, 3.63) is 48.4 Å². The van der Waals surface area contributed by atoms with Crippen molar-refractivity contribution >= 4 is 15.7 Å². The molecule has 0 aliphatic heterocycles. The van der Waals surface area contributed by atoms with Crippen LogP contribution in [0.4, 0.5) is 10.1 Å². The Balaban J connectivity index is 1.57. The van der Waals surface area contributed by atoms with Crippen LogP contribution in [0.25, 0.3) is 11.3 Å². The van der Waals surface area contributed by atoms with E-state index in [0.29, 0.717) is 12.5 Å². The molecule has 2 N–H and O–H groups in total. The summed E-state index contributed by atoms with van der Waals surface area (Å²) in [7, 11) is -3.13. The minimum absolute atomic E-state index is 0.113. The first-order chi connectivity index (χ1) is 12.9. The first-order valence-corrected chi connectivity index (χ1v) is 11.1. The first kappa shape index (κ1) is 19.8. The van der Waals surface area contributed by atoms with Gasteiger partial charge in [-0.05, 0) is 68.9 Å². The van der Waals surface area contributed by atoms with Gasteiger partial charge >= 0.3 is 0 Å². The zero-order chi connectivity index (χ0) is 19.3. The maximum Gasteiger partial charge on any atom is 0.211 e. The average Bonchev–Trinajstić information content (AvgIpc) is 2.68. The number of halogens is 1. The number of anilines is 1. The molecule has 1 saturated carbocycles. The lowest BCUT2D eigenvalue weighted by molar-refractivity contribution is 0.337. The van der Waals surface area contributed by atoms with Gasteiger partial charge in [0.1, 0.15) is 5.82 Å². The first-order valence-electron chi connectivity index (χ1n) is 9.41. The maximum atomic E-state index is 14.0. The maximum absolute atomic E-state index is 14.0. The molecule has 146 valence electrons. The summed E-state index contributed by atoms with van der Waals surface area (Å²) in [6.07, 6.45) is 5.47. The number of nitrogens with one attached hydrogen (secondary N) is 2. The van der Waals surface area contributed by atoms with Gasteiger partial charge in [-0.3, -0.25) is 4.98 Å². The Morgan fingerprint density at radius 3 is 2.59 bits per heavy atom. The average molecular weight is 392 g/mol. The summed E-state index contributed by atoms with van der Waals surface area (Å²) < 4.78 is 39.8. The molecule has 0 spiro atoms. The third-order valence-electron chi connectivity index (χ3n) is 5.05. The lowest BCUT2D eigenvalue weighted by Gasteiger charge is -2.30. The second-order valence-corrected chi connectivity index (χ2v) is 9.15. The fourth-order valence-corrected chi connectivity index (χ4v) is 4.14. The largest absolute Gasteiger partial charge is 0.382 e. The van der Waals surface area contributed by atoms with Gasteiger partial charge in [0.05, 0.1) is 11.4 Å². The summed E-state index contributed by atoms with van der Waals surface area (Å²) >= 11 is 0. The molecular weight excluding hydrogens is 365 g/mol. The highest BCUT2D eigenvalue weighted by Crippen LogP contribution is 2.28. The molecule has 0 amide bonds. The predicted molar refractivity (Wildman–Crippen MR) is 106 cm³/mol. The number of sulfonamides is 1. The smallest absolute Gasteiger partial charge is 0.211 e. The molecule has 0 radical (unpaired) electrons. The van der Waals surface area contributed by atoms with Gasteiger partial charge < -0.3 is 5.32 Å². The summed E-state index contributed by atoms with van der Waals surface area (Å²) in [5.41, 5.74) is 2.25. The van der Waals surface area contributed by atoms with Crippen molar-refractivity contribution < 1.29 is 12.8 Å². The van der Waals surface area contributed by atoms with Crippen molar-refractivity contribution in [1.82, 2.24) is 9.71 Å². The van der Waals surface area contributed by atoms with E-state index >= 15 is 0 Å². The van der Waals surface area contributed by atoms with Crippen LogP contribution in [0.1, 0.15) is 32.6 Å². The Kier molecular flexibility index (Phi) is 6.44. The third-order valence-corrected chi connectivity index (χ3v) is 6.41. The number of rotatable bonds is 7. The van der Waals surface area contributed by atoms with Crippen LogP contribution in [0.3, 0.4) is 0 Å². The highest BCUT2D eigenvalue weighted by Gasteiger charge is 2.22. The minimum atomic E-state index is -3.13. The second kappa shape index (κ2) is 8.80. The fourth-order valence-electron chi connectivity index (χ4n) is 3.45. The number of nitrogens with zero attached hydrogens (tertiary/aromatic N) is 1. The highest BCUT2D eigenvalue weighted by molar-refractivity contribution is 7.89. The van der Waals surface area contributed by atoms with Gasteiger partial charge in [0.2, 0.25) is 10.0 Å². The van der Waals surface area contributed by atoms with Crippen LogP contribution >= 0.6 is 0 Å². The van der Waals surface area contributed by atoms with Crippen molar-refractivity contribution in [3.8, 4) is 11.3 Å². The SMILES string of the molecule is CCS(=O)(=O)NC[C@H]1CC[C@H](Nc2cc(F)cc(-c3ccccn3)c2)CC1. The van der Waals surface area contributed by atoms with E-state index in [0.717, 1.165) is 42.6 Å². The Hall–Kier alpha value is -1.99. The quantitative estimate of drug-likeness (QED) is 0.753. The van der Waals surface area contributed by atoms with Crippen LogP contribution in [0.2, 0.25) is 0 Å². The summed E-state index contributed by atoms with van der Waals surface area (Å²) in [6.45, 7) is 2.15. The van der Waals surface area contributed by atoms with Crippen molar-refractivity contribution in [2.75, 3.05) is 17.6 Å². The third kappa shape index (κ3) is 5.74. The number of hydrogen-bond acceptors (Lipinski definition) is 4. The van der Waals surface area contributed by atoms with E-state index in [1.54, 1.807) is 13.1 Å². The van der Waals surface area contributed by atoms with Crippen LogP contribution in [0.5, 0.6) is 0 Å². The topological polar surface area (TPSA) is 71.1 Å². The molecule has 27 heavy (non-hydrogen) atoms. The van der Waals surface area contributed by atoms with Gasteiger partial charge in [-0.25, -0.2) is 17.5 Å². The normalized spacial score (nSPS) is 20.4. The molecule has 7 heteroatoms. The molecule has 1 aromatic heterocycles. The van der Waals surface area contributed by atoms with Crippen molar-refractivity contribution in [2.24, 2.45) is 5.92 Å².